The highest BCUT2D eigenvalue weighted by Crippen LogP contribution is 2.35. The minimum absolute atomic E-state index is 0.0627. The van der Waals surface area contributed by atoms with Crippen LogP contribution in [0.4, 0.5) is 5.69 Å². The van der Waals surface area contributed by atoms with E-state index >= 15 is 0 Å². The van der Waals surface area contributed by atoms with Crippen molar-refractivity contribution in [3.8, 4) is 11.8 Å². The smallest absolute Gasteiger partial charge is 0.252 e. The number of ether oxygens (including phenoxy) is 2. The first-order valence-electron chi connectivity index (χ1n) is 13.6. The molecular weight excluding hydrogens is 480 g/mol. The molecule has 5 rings (SSSR count). The molecular formula is C29H38N6O3. The van der Waals surface area contributed by atoms with Crippen LogP contribution in [0.1, 0.15) is 52.1 Å². The molecule has 9 heteroatoms. The summed E-state index contributed by atoms with van der Waals surface area (Å²) in [5.41, 5.74) is 3.38. The molecule has 2 aliphatic heterocycles. The van der Waals surface area contributed by atoms with E-state index in [0.29, 0.717) is 19.3 Å². The molecule has 0 saturated carbocycles. The number of nitriles is 1. The van der Waals surface area contributed by atoms with Crippen molar-refractivity contribution in [1.82, 2.24) is 19.2 Å². The first-order valence-corrected chi connectivity index (χ1v) is 13.6. The van der Waals surface area contributed by atoms with E-state index in [2.05, 4.69) is 67.8 Å². The van der Waals surface area contributed by atoms with Crippen LogP contribution in [0, 0.1) is 11.3 Å². The van der Waals surface area contributed by atoms with Crippen LogP contribution in [0.2, 0.25) is 0 Å². The third-order valence-corrected chi connectivity index (χ3v) is 8.20. The summed E-state index contributed by atoms with van der Waals surface area (Å²) in [6.07, 6.45) is 3.74. The molecule has 202 valence electrons. The highest BCUT2D eigenvalue weighted by Gasteiger charge is 2.37. The molecule has 4 heterocycles. The molecule has 0 N–H and O–H groups in total. The van der Waals surface area contributed by atoms with Crippen LogP contribution in [0.5, 0.6) is 5.75 Å². The molecule has 1 unspecified atom stereocenters. The predicted octanol–water partition coefficient (Wildman–Crippen LogP) is 3.87. The number of aryl methyl sites for hydroxylation is 1. The normalized spacial score (nSPS) is 22.2. The molecule has 3 aromatic rings. The first kappa shape index (κ1) is 26.3. The average molecular weight is 519 g/mol. The zero-order chi connectivity index (χ0) is 27.0. The Balaban J connectivity index is 1.41. The quantitative estimate of drug-likeness (QED) is 0.447. The van der Waals surface area contributed by atoms with E-state index in [9.17, 15) is 10.1 Å². The van der Waals surface area contributed by atoms with Crippen LogP contribution in [0.25, 0.3) is 11.0 Å². The minimum Gasteiger partial charge on any atom is -0.483 e. The van der Waals surface area contributed by atoms with Gasteiger partial charge in [0.2, 0.25) is 0 Å². The van der Waals surface area contributed by atoms with E-state index in [1.54, 1.807) is 28.6 Å². The Hall–Kier alpha value is -3.35. The molecule has 2 saturated heterocycles. The number of hydrogen-bond donors (Lipinski definition) is 0. The number of hydrogen-bond acceptors (Lipinski definition) is 7. The molecule has 0 aliphatic carbocycles. The molecule has 1 aromatic carbocycles. The van der Waals surface area contributed by atoms with Gasteiger partial charge in [-0.1, -0.05) is 26.0 Å². The predicted molar refractivity (Wildman–Crippen MR) is 148 cm³/mol. The fraction of sp³-hybridized carbons (Fsp3) is 0.552. The number of anilines is 1. The average Bonchev–Trinajstić information content (AvgIpc) is 3.33. The number of pyridine rings is 1. The van der Waals surface area contributed by atoms with E-state index in [1.165, 1.54) is 5.56 Å². The van der Waals surface area contributed by atoms with Crippen LogP contribution >= 0.6 is 0 Å². The number of nitrogens with zero attached hydrogens (tertiary/aromatic N) is 6. The Morgan fingerprint density at radius 1 is 1.18 bits per heavy atom. The van der Waals surface area contributed by atoms with Gasteiger partial charge < -0.3 is 18.9 Å². The van der Waals surface area contributed by atoms with Crippen LogP contribution < -0.4 is 15.2 Å². The molecule has 2 fully saturated rings. The van der Waals surface area contributed by atoms with Gasteiger partial charge in [0.05, 0.1) is 36.7 Å². The van der Waals surface area contributed by atoms with Crippen molar-refractivity contribution < 1.29 is 9.47 Å². The van der Waals surface area contributed by atoms with Crippen molar-refractivity contribution >= 4 is 16.7 Å². The highest BCUT2D eigenvalue weighted by molar-refractivity contribution is 5.88. The van der Waals surface area contributed by atoms with Gasteiger partial charge in [0, 0.05) is 44.3 Å². The van der Waals surface area contributed by atoms with Gasteiger partial charge in [-0.05, 0) is 44.4 Å². The summed E-state index contributed by atoms with van der Waals surface area (Å²) in [7, 11) is 1.76. The second-order valence-electron chi connectivity index (χ2n) is 10.9. The molecule has 3 atom stereocenters. The molecule has 0 amide bonds. The summed E-state index contributed by atoms with van der Waals surface area (Å²) in [6, 6.07) is 13.1. The summed E-state index contributed by atoms with van der Waals surface area (Å²) in [4.78, 5) is 17.9. The van der Waals surface area contributed by atoms with Crippen molar-refractivity contribution in [3.05, 3.63) is 52.4 Å². The van der Waals surface area contributed by atoms with Gasteiger partial charge in [0.1, 0.15) is 17.8 Å². The highest BCUT2D eigenvalue weighted by atomic mass is 16.6. The first-order chi connectivity index (χ1) is 18.3. The summed E-state index contributed by atoms with van der Waals surface area (Å²) in [6.45, 7) is 11.9. The van der Waals surface area contributed by atoms with Crippen molar-refractivity contribution in [2.45, 2.75) is 70.8 Å². The van der Waals surface area contributed by atoms with E-state index in [0.717, 1.165) is 48.4 Å². The van der Waals surface area contributed by atoms with E-state index < -0.39 is 0 Å². The third-order valence-electron chi connectivity index (χ3n) is 8.20. The molecule has 38 heavy (non-hydrogen) atoms. The van der Waals surface area contributed by atoms with Gasteiger partial charge in [-0.25, -0.2) is 0 Å². The Morgan fingerprint density at radius 3 is 2.50 bits per heavy atom. The molecule has 2 aromatic heterocycles. The second kappa shape index (κ2) is 10.4. The van der Waals surface area contributed by atoms with E-state index in [1.807, 2.05) is 0 Å². The standard InChI is InChI=1S/C29H38N6O3/c1-6-22-16-35(25-14-27(36)32(5)26-17-33(13-12-30)31-28(25)26)23(7-2)15-34(22)20(3)21-8-10-24(11-9-21)38-29(4)18-37-19-29/h8-11,14,17,20,22-23H,6-7,13,15-16,18-19H2,1-5H3/t20?,22-,23+/m1/s1. The van der Waals surface area contributed by atoms with Crippen LogP contribution in [0.3, 0.4) is 0 Å². The van der Waals surface area contributed by atoms with Gasteiger partial charge in [0.25, 0.3) is 5.56 Å². The summed E-state index contributed by atoms with van der Waals surface area (Å²) >= 11 is 0. The van der Waals surface area contributed by atoms with Crippen LogP contribution in [-0.2, 0) is 18.3 Å². The van der Waals surface area contributed by atoms with Crippen molar-refractivity contribution in [1.29, 1.82) is 5.26 Å². The summed E-state index contributed by atoms with van der Waals surface area (Å²) in [5, 5.41) is 13.9. The minimum atomic E-state index is -0.223. The van der Waals surface area contributed by atoms with Crippen LogP contribution in [0.15, 0.2) is 41.3 Å². The zero-order valence-electron chi connectivity index (χ0n) is 23.1. The van der Waals surface area contributed by atoms with Gasteiger partial charge in [-0.3, -0.25) is 14.4 Å². The molecule has 9 nitrogen and oxygen atoms in total. The largest absolute Gasteiger partial charge is 0.483 e. The Bertz CT molecular complexity index is 1380. The lowest BCUT2D eigenvalue weighted by Gasteiger charge is -2.49. The number of fused-ring (bicyclic) bond motifs is 1. The topological polar surface area (TPSA) is 88.5 Å². The number of benzene rings is 1. The summed E-state index contributed by atoms with van der Waals surface area (Å²) in [5.74, 6) is 0.876. The number of piperazine rings is 1. The van der Waals surface area contributed by atoms with Gasteiger partial charge >= 0.3 is 0 Å². The maximum absolute atomic E-state index is 12.9. The van der Waals surface area contributed by atoms with Gasteiger partial charge in [-0.2, -0.15) is 10.4 Å². The maximum atomic E-state index is 12.9. The lowest BCUT2D eigenvalue weighted by Crippen LogP contribution is -2.58. The van der Waals surface area contributed by atoms with Crippen molar-refractivity contribution in [2.75, 3.05) is 31.2 Å². The second-order valence-corrected chi connectivity index (χ2v) is 10.9. The van der Waals surface area contributed by atoms with Crippen LogP contribution in [-0.4, -0.2) is 63.2 Å². The maximum Gasteiger partial charge on any atom is 0.252 e. The Kier molecular flexibility index (Phi) is 7.21. The molecule has 0 radical (unpaired) electrons. The fourth-order valence-corrected chi connectivity index (χ4v) is 5.81. The van der Waals surface area contributed by atoms with Gasteiger partial charge in [0.15, 0.2) is 5.60 Å². The Labute approximate surface area is 224 Å². The molecule has 0 bridgehead atoms. The molecule has 0 spiro atoms. The number of aromatic nitrogens is 3. The van der Waals surface area contributed by atoms with Crippen molar-refractivity contribution in [3.63, 3.8) is 0 Å². The SMILES string of the molecule is CC[C@H]1CN(C(C)c2ccc(OC3(C)COC3)cc2)[C@H](CC)CN1c1cc(=O)n(C)c2cn(CC#N)nc12. The monoisotopic (exact) mass is 518 g/mol. The van der Waals surface area contributed by atoms with E-state index in [4.69, 9.17) is 14.6 Å². The molecule has 2 aliphatic rings. The fourth-order valence-electron chi connectivity index (χ4n) is 5.81. The van der Waals surface area contributed by atoms with Gasteiger partial charge in [-0.15, -0.1) is 0 Å². The third kappa shape index (κ3) is 4.79. The lowest BCUT2D eigenvalue weighted by atomic mass is 9.96. The lowest BCUT2D eigenvalue weighted by molar-refractivity contribution is -0.149. The number of rotatable bonds is 8. The summed E-state index contributed by atoms with van der Waals surface area (Å²) < 4.78 is 14.7. The van der Waals surface area contributed by atoms with E-state index in [-0.39, 0.29) is 29.8 Å². The zero-order valence-corrected chi connectivity index (χ0v) is 23.1. The Morgan fingerprint density at radius 2 is 1.89 bits per heavy atom. The van der Waals surface area contributed by atoms with Crippen molar-refractivity contribution in [2.24, 2.45) is 7.05 Å².